The zero-order valence-corrected chi connectivity index (χ0v) is 22.8. The van der Waals surface area contributed by atoms with Gasteiger partial charge in [-0.2, -0.15) is 0 Å². The molecule has 0 unspecified atom stereocenters. The molecule has 0 atom stereocenters. The minimum absolute atomic E-state index is 0.0142. The predicted molar refractivity (Wildman–Crippen MR) is 150 cm³/mol. The van der Waals surface area contributed by atoms with Gasteiger partial charge in [0.25, 0.3) is 0 Å². The lowest BCUT2D eigenvalue weighted by atomic mass is 10.0. The Labute approximate surface area is 243 Å². The Bertz CT molecular complexity index is 1960. The number of hydrogen-bond donors (Lipinski definition) is 0. The van der Waals surface area contributed by atoms with Gasteiger partial charge >= 0.3 is 5.97 Å². The molecule has 218 valence electrons. The number of benzene rings is 2. The molecule has 6 rings (SSSR count). The molecule has 0 amide bonds. The number of halogens is 3. The Morgan fingerprint density at radius 1 is 1.00 bits per heavy atom. The summed E-state index contributed by atoms with van der Waals surface area (Å²) in [6, 6.07) is 15.2. The van der Waals surface area contributed by atoms with Crippen LogP contribution in [0.25, 0.3) is 27.9 Å². The topological polar surface area (TPSA) is 92.8 Å². The highest BCUT2D eigenvalue weighted by atomic mass is 19.3. The lowest BCUT2D eigenvalue weighted by Crippen LogP contribution is -2.10. The molecule has 0 bridgehead atoms. The summed E-state index contributed by atoms with van der Waals surface area (Å²) in [6.45, 7) is 0.820. The zero-order valence-electron chi connectivity index (χ0n) is 22.8. The third-order valence-electron chi connectivity index (χ3n) is 6.97. The number of imidazole rings is 2. The SMILES string of the molecule is COCCn1c(Cc2cc(F)c(-c3cccc(OCc4ccc5nccn5c4)n3)cc2F)nc2ccc(C(=O)OF)cc21. The number of fused-ring (bicyclic) bond motifs is 2. The van der Waals surface area contributed by atoms with Crippen molar-refractivity contribution in [2.24, 2.45) is 0 Å². The third kappa shape index (κ3) is 5.77. The van der Waals surface area contributed by atoms with E-state index in [0.29, 0.717) is 23.4 Å². The van der Waals surface area contributed by atoms with Gasteiger partial charge in [0, 0.05) is 60.4 Å². The van der Waals surface area contributed by atoms with Crippen molar-refractivity contribution in [1.82, 2.24) is 23.9 Å². The molecular weight excluding hydrogens is 563 g/mol. The lowest BCUT2D eigenvalue weighted by molar-refractivity contribution is -0.0787. The van der Waals surface area contributed by atoms with E-state index in [9.17, 15) is 9.32 Å². The number of ether oxygens (including phenoxy) is 2. The van der Waals surface area contributed by atoms with Gasteiger partial charge in [-0.05, 0) is 48.0 Å². The number of hydrogen-bond acceptors (Lipinski definition) is 7. The average molecular weight is 588 g/mol. The van der Waals surface area contributed by atoms with E-state index in [-0.39, 0.29) is 47.9 Å². The van der Waals surface area contributed by atoms with E-state index in [2.05, 4.69) is 19.9 Å². The molecule has 0 N–H and O–H groups in total. The molecule has 4 heterocycles. The molecule has 4 aromatic heterocycles. The van der Waals surface area contributed by atoms with Crippen LogP contribution in [0.5, 0.6) is 5.88 Å². The third-order valence-corrected chi connectivity index (χ3v) is 6.97. The van der Waals surface area contributed by atoms with Crippen LogP contribution in [0, 0.1) is 11.6 Å². The highest BCUT2D eigenvalue weighted by Crippen LogP contribution is 2.28. The fourth-order valence-corrected chi connectivity index (χ4v) is 4.86. The van der Waals surface area contributed by atoms with Crippen LogP contribution in [-0.4, -0.2) is 43.6 Å². The zero-order chi connectivity index (χ0) is 29.9. The van der Waals surface area contributed by atoms with Gasteiger partial charge in [0.05, 0.1) is 28.9 Å². The lowest BCUT2D eigenvalue weighted by Gasteiger charge is -2.12. The number of carbonyl (C=O) groups excluding carboxylic acids is 1. The highest BCUT2D eigenvalue weighted by Gasteiger charge is 2.19. The second-order valence-electron chi connectivity index (χ2n) is 9.72. The maximum Gasteiger partial charge on any atom is 0.379 e. The molecule has 0 fully saturated rings. The first-order chi connectivity index (χ1) is 20.9. The summed E-state index contributed by atoms with van der Waals surface area (Å²) in [7, 11) is 1.52. The van der Waals surface area contributed by atoms with Crippen molar-refractivity contribution in [1.29, 1.82) is 0 Å². The molecule has 43 heavy (non-hydrogen) atoms. The molecule has 0 aliphatic heterocycles. The average Bonchev–Trinajstić information content (AvgIpc) is 3.63. The fourth-order valence-electron chi connectivity index (χ4n) is 4.86. The summed E-state index contributed by atoms with van der Waals surface area (Å²) in [5, 5.41) is 0. The van der Waals surface area contributed by atoms with Crippen LogP contribution in [0.1, 0.15) is 27.3 Å². The molecule has 0 saturated heterocycles. The van der Waals surface area contributed by atoms with Crippen molar-refractivity contribution in [3.63, 3.8) is 0 Å². The standard InChI is InChI=1S/C31H24F3N5O4/c1-41-12-11-39-27-14-20(31(40)43-34)6-7-26(27)36-29(39)15-21-13-24(33)22(16-23(21)32)25-3-2-4-30(37-25)42-18-19-5-8-28-35-9-10-38(28)17-19/h2-10,13-14,16-17H,11-12,15,18H2,1H3. The van der Waals surface area contributed by atoms with E-state index < -0.39 is 17.6 Å². The highest BCUT2D eigenvalue weighted by molar-refractivity contribution is 5.93. The normalized spacial score (nSPS) is 11.3. The summed E-state index contributed by atoms with van der Waals surface area (Å²) in [6.07, 6.45) is 5.37. The molecule has 2 aromatic carbocycles. The van der Waals surface area contributed by atoms with Crippen LogP contribution in [0.4, 0.5) is 13.3 Å². The molecule has 0 aliphatic rings. The number of nitrogens with zero attached hydrogens (tertiary/aromatic N) is 5. The monoisotopic (exact) mass is 587 g/mol. The predicted octanol–water partition coefficient (Wildman–Crippen LogP) is 5.88. The quantitative estimate of drug-likeness (QED) is 0.198. The number of carbonyl (C=O) groups is 1. The Kier molecular flexibility index (Phi) is 7.75. The van der Waals surface area contributed by atoms with Crippen LogP contribution in [0.3, 0.4) is 0 Å². The Hall–Kier alpha value is -5.23. The Morgan fingerprint density at radius 3 is 2.72 bits per heavy atom. The van der Waals surface area contributed by atoms with Crippen molar-refractivity contribution in [2.75, 3.05) is 13.7 Å². The van der Waals surface area contributed by atoms with E-state index in [1.54, 1.807) is 29.0 Å². The van der Waals surface area contributed by atoms with Crippen molar-refractivity contribution in [2.45, 2.75) is 19.6 Å². The largest absolute Gasteiger partial charge is 0.473 e. The smallest absolute Gasteiger partial charge is 0.379 e. The van der Waals surface area contributed by atoms with Crippen LogP contribution in [0.15, 0.2) is 79.3 Å². The van der Waals surface area contributed by atoms with E-state index in [1.807, 2.05) is 28.9 Å². The number of methoxy groups -OCH3 is 1. The van der Waals surface area contributed by atoms with Gasteiger partial charge in [-0.3, -0.25) is 0 Å². The molecule has 0 aliphatic carbocycles. The first-order valence-electron chi connectivity index (χ1n) is 13.2. The second-order valence-corrected chi connectivity index (χ2v) is 9.72. The molecule has 0 saturated carbocycles. The molecular formula is C31H24F3N5O4. The maximum atomic E-state index is 15.4. The molecule has 0 spiro atoms. The first-order valence-corrected chi connectivity index (χ1v) is 13.2. The number of aromatic nitrogens is 5. The molecule has 9 nitrogen and oxygen atoms in total. The van der Waals surface area contributed by atoms with Crippen molar-refractivity contribution >= 4 is 22.6 Å². The number of rotatable bonds is 10. The van der Waals surface area contributed by atoms with Gasteiger partial charge in [0.1, 0.15) is 29.7 Å². The van der Waals surface area contributed by atoms with Gasteiger partial charge in [-0.15, -0.1) is 0 Å². The van der Waals surface area contributed by atoms with Gasteiger partial charge in [-0.25, -0.2) is 33.5 Å². The Balaban J connectivity index is 1.25. The fraction of sp³-hybridized carbons (Fsp3) is 0.161. The van der Waals surface area contributed by atoms with E-state index in [1.165, 1.54) is 25.3 Å². The second kappa shape index (κ2) is 11.9. The van der Waals surface area contributed by atoms with Crippen molar-refractivity contribution in [3.8, 4) is 17.1 Å². The van der Waals surface area contributed by atoms with Crippen molar-refractivity contribution in [3.05, 3.63) is 113 Å². The summed E-state index contributed by atoms with van der Waals surface area (Å²) >= 11 is 0. The van der Waals surface area contributed by atoms with Gasteiger partial charge in [0.15, 0.2) is 0 Å². The molecule has 12 heteroatoms. The summed E-state index contributed by atoms with van der Waals surface area (Å²) in [4.78, 5) is 28.2. The first kappa shape index (κ1) is 27.9. The van der Waals surface area contributed by atoms with E-state index in [0.717, 1.165) is 23.3 Å². The van der Waals surface area contributed by atoms with E-state index in [4.69, 9.17) is 9.47 Å². The minimum Gasteiger partial charge on any atom is -0.473 e. The van der Waals surface area contributed by atoms with Crippen LogP contribution in [-0.2, 0) is 29.3 Å². The van der Waals surface area contributed by atoms with Crippen LogP contribution in [0.2, 0.25) is 0 Å². The van der Waals surface area contributed by atoms with Gasteiger partial charge in [0.2, 0.25) is 5.88 Å². The summed E-state index contributed by atoms with van der Waals surface area (Å²) < 4.78 is 57.9. The van der Waals surface area contributed by atoms with Crippen LogP contribution < -0.4 is 4.74 Å². The summed E-state index contributed by atoms with van der Waals surface area (Å²) in [5.74, 6) is -1.80. The van der Waals surface area contributed by atoms with Crippen molar-refractivity contribution < 1.29 is 32.5 Å². The van der Waals surface area contributed by atoms with Gasteiger partial charge in [-0.1, -0.05) is 12.1 Å². The maximum absolute atomic E-state index is 15.4. The molecule has 6 aromatic rings. The minimum atomic E-state index is -1.15. The van der Waals surface area contributed by atoms with E-state index >= 15 is 8.78 Å². The molecule has 0 radical (unpaired) electrons. The van der Waals surface area contributed by atoms with Gasteiger partial charge < -0.3 is 18.4 Å². The summed E-state index contributed by atoms with van der Waals surface area (Å²) in [5.41, 5.74) is 2.93. The van der Waals surface area contributed by atoms with Crippen LogP contribution >= 0.6 is 0 Å². The Morgan fingerprint density at radius 2 is 1.88 bits per heavy atom. The number of pyridine rings is 2.